The number of rotatable bonds is 2. The predicted molar refractivity (Wildman–Crippen MR) is 82.1 cm³/mol. The van der Waals surface area contributed by atoms with Gasteiger partial charge in [-0.25, -0.2) is 0 Å². The summed E-state index contributed by atoms with van der Waals surface area (Å²) in [5.41, 5.74) is 2.96. The zero-order valence-electron chi connectivity index (χ0n) is 11.2. The van der Waals surface area contributed by atoms with E-state index in [1.54, 1.807) is 12.5 Å². The molecule has 0 unspecified atom stereocenters. The molecule has 2 aromatic heterocycles. The van der Waals surface area contributed by atoms with Crippen LogP contribution in [0.15, 0.2) is 73.2 Å². The number of fused-ring (bicyclic) bond motifs is 1. The quantitative estimate of drug-likeness (QED) is 0.561. The summed E-state index contributed by atoms with van der Waals surface area (Å²) in [4.78, 5) is 4.50. The van der Waals surface area contributed by atoms with Crippen molar-refractivity contribution in [3.8, 4) is 17.1 Å². The molecular formula is C17H12N4. The van der Waals surface area contributed by atoms with Crippen LogP contribution in [0.1, 0.15) is 0 Å². The molecule has 0 atom stereocenters. The zero-order valence-corrected chi connectivity index (χ0v) is 11.2. The number of benzene rings is 2. The fourth-order valence-electron chi connectivity index (χ4n) is 2.48. The molecule has 0 N–H and O–H groups in total. The first kappa shape index (κ1) is 11.8. The van der Waals surface area contributed by atoms with Gasteiger partial charge in [0.05, 0.1) is 11.2 Å². The van der Waals surface area contributed by atoms with E-state index in [4.69, 9.17) is 0 Å². The van der Waals surface area contributed by atoms with Gasteiger partial charge in [-0.3, -0.25) is 9.55 Å². The van der Waals surface area contributed by atoms with Crippen molar-refractivity contribution >= 4 is 10.9 Å². The number of nitrogens with zero attached hydrogens (tertiary/aromatic N) is 4. The predicted octanol–water partition coefficient (Wildman–Crippen LogP) is 3.48. The molecule has 0 aliphatic carbocycles. The maximum Gasteiger partial charge on any atom is 0.168 e. The lowest BCUT2D eigenvalue weighted by Gasteiger charge is -2.09. The van der Waals surface area contributed by atoms with E-state index in [1.165, 1.54) is 0 Å². The molecule has 0 amide bonds. The second kappa shape index (κ2) is 4.83. The molecule has 4 rings (SSSR count). The van der Waals surface area contributed by atoms with Gasteiger partial charge in [-0.2, -0.15) is 0 Å². The molecule has 100 valence electrons. The largest absolute Gasteiger partial charge is 0.279 e. The highest BCUT2D eigenvalue weighted by Crippen LogP contribution is 2.24. The molecule has 21 heavy (non-hydrogen) atoms. The molecule has 4 aromatic rings. The van der Waals surface area contributed by atoms with Crippen molar-refractivity contribution in [3.63, 3.8) is 0 Å². The van der Waals surface area contributed by atoms with Crippen LogP contribution in [0.2, 0.25) is 0 Å². The summed E-state index contributed by atoms with van der Waals surface area (Å²) in [6, 6.07) is 20.1. The standard InChI is InChI=1S/C17H12N4/c1-2-6-14(7-3-1)17-20-19-12-21(17)15-10-4-8-13-9-5-11-18-16(13)15/h1-12H. The third-order valence-corrected chi connectivity index (χ3v) is 3.45. The summed E-state index contributed by atoms with van der Waals surface area (Å²) in [6.45, 7) is 0. The van der Waals surface area contributed by atoms with Gasteiger partial charge in [-0.15, -0.1) is 10.2 Å². The Morgan fingerprint density at radius 2 is 1.67 bits per heavy atom. The Kier molecular flexibility index (Phi) is 2.71. The maximum atomic E-state index is 4.50. The van der Waals surface area contributed by atoms with Gasteiger partial charge in [0.2, 0.25) is 0 Å². The summed E-state index contributed by atoms with van der Waals surface area (Å²) in [6.07, 6.45) is 3.53. The monoisotopic (exact) mass is 272 g/mol. The number of para-hydroxylation sites is 1. The van der Waals surface area contributed by atoms with Crippen molar-refractivity contribution < 1.29 is 0 Å². The van der Waals surface area contributed by atoms with E-state index in [0.29, 0.717) is 0 Å². The summed E-state index contributed by atoms with van der Waals surface area (Å²) < 4.78 is 1.98. The lowest BCUT2D eigenvalue weighted by molar-refractivity contribution is 1.07. The van der Waals surface area contributed by atoms with Crippen molar-refractivity contribution in [3.05, 3.63) is 73.2 Å². The molecule has 0 spiro atoms. The van der Waals surface area contributed by atoms with Crippen LogP contribution in [0, 0.1) is 0 Å². The third-order valence-electron chi connectivity index (χ3n) is 3.45. The highest BCUT2D eigenvalue weighted by atomic mass is 15.3. The lowest BCUT2D eigenvalue weighted by Crippen LogP contribution is -1.98. The Hall–Kier alpha value is -3.01. The van der Waals surface area contributed by atoms with Gasteiger partial charge < -0.3 is 0 Å². The van der Waals surface area contributed by atoms with Crippen LogP contribution in [0.25, 0.3) is 28.0 Å². The minimum Gasteiger partial charge on any atom is -0.279 e. The van der Waals surface area contributed by atoms with Gasteiger partial charge >= 0.3 is 0 Å². The minimum absolute atomic E-state index is 0.814. The molecule has 2 aromatic carbocycles. The Morgan fingerprint density at radius 1 is 0.810 bits per heavy atom. The fraction of sp³-hybridized carbons (Fsp3) is 0. The minimum atomic E-state index is 0.814. The lowest BCUT2D eigenvalue weighted by atomic mass is 10.1. The van der Waals surface area contributed by atoms with Crippen LogP contribution in [0.4, 0.5) is 0 Å². The highest BCUT2D eigenvalue weighted by molar-refractivity contribution is 5.86. The van der Waals surface area contributed by atoms with Crippen molar-refractivity contribution in [2.45, 2.75) is 0 Å². The first-order chi connectivity index (χ1) is 10.4. The van der Waals surface area contributed by atoms with Crippen molar-refractivity contribution in [2.75, 3.05) is 0 Å². The Morgan fingerprint density at radius 3 is 2.57 bits per heavy atom. The van der Waals surface area contributed by atoms with Gasteiger partial charge in [-0.1, -0.05) is 48.5 Å². The molecule has 0 aliphatic heterocycles. The van der Waals surface area contributed by atoms with E-state index < -0.39 is 0 Å². The molecule has 0 aliphatic rings. The van der Waals surface area contributed by atoms with Gasteiger partial charge in [0.15, 0.2) is 5.82 Å². The number of hydrogen-bond donors (Lipinski definition) is 0. The highest BCUT2D eigenvalue weighted by Gasteiger charge is 2.11. The van der Waals surface area contributed by atoms with E-state index in [1.807, 2.05) is 53.1 Å². The van der Waals surface area contributed by atoms with Crippen molar-refractivity contribution in [2.24, 2.45) is 0 Å². The molecule has 0 bridgehead atoms. The van der Waals surface area contributed by atoms with E-state index in [0.717, 1.165) is 28.0 Å². The molecular weight excluding hydrogens is 260 g/mol. The average molecular weight is 272 g/mol. The normalized spacial score (nSPS) is 10.9. The molecule has 4 heteroatoms. The maximum absolute atomic E-state index is 4.50. The third kappa shape index (κ3) is 1.97. The van der Waals surface area contributed by atoms with Crippen LogP contribution in [-0.2, 0) is 0 Å². The smallest absolute Gasteiger partial charge is 0.168 e. The SMILES string of the molecule is c1ccc(-c2nncn2-c2cccc3cccnc23)cc1. The first-order valence-electron chi connectivity index (χ1n) is 6.73. The van der Waals surface area contributed by atoms with Crippen LogP contribution >= 0.6 is 0 Å². The topological polar surface area (TPSA) is 43.6 Å². The molecule has 0 radical (unpaired) electrons. The van der Waals surface area contributed by atoms with Crippen molar-refractivity contribution in [1.29, 1.82) is 0 Å². The first-order valence-corrected chi connectivity index (χ1v) is 6.73. The van der Waals surface area contributed by atoms with Gasteiger partial charge in [-0.05, 0) is 12.1 Å². The van der Waals surface area contributed by atoms with E-state index in [9.17, 15) is 0 Å². The van der Waals surface area contributed by atoms with Gasteiger partial charge in [0.25, 0.3) is 0 Å². The summed E-state index contributed by atoms with van der Waals surface area (Å²) in [7, 11) is 0. The summed E-state index contributed by atoms with van der Waals surface area (Å²) in [5.74, 6) is 0.814. The number of hydrogen-bond acceptors (Lipinski definition) is 3. The summed E-state index contributed by atoms with van der Waals surface area (Å²) in [5, 5.41) is 9.42. The van der Waals surface area contributed by atoms with Gasteiger partial charge in [0, 0.05) is 17.1 Å². The second-order valence-corrected chi connectivity index (χ2v) is 4.74. The van der Waals surface area contributed by atoms with E-state index in [2.05, 4.69) is 27.3 Å². The molecule has 0 saturated heterocycles. The molecule has 4 nitrogen and oxygen atoms in total. The van der Waals surface area contributed by atoms with Gasteiger partial charge in [0.1, 0.15) is 6.33 Å². The Labute approximate surface area is 121 Å². The molecule has 2 heterocycles. The van der Waals surface area contributed by atoms with Crippen LogP contribution in [0.5, 0.6) is 0 Å². The number of aromatic nitrogens is 4. The molecule has 0 saturated carbocycles. The average Bonchev–Trinajstić information content (AvgIpc) is 3.04. The fourth-order valence-corrected chi connectivity index (χ4v) is 2.48. The molecule has 0 fully saturated rings. The van der Waals surface area contributed by atoms with Crippen LogP contribution in [-0.4, -0.2) is 19.7 Å². The summed E-state index contributed by atoms with van der Waals surface area (Å²) >= 11 is 0. The van der Waals surface area contributed by atoms with Crippen LogP contribution < -0.4 is 0 Å². The Bertz CT molecular complexity index is 891. The zero-order chi connectivity index (χ0) is 14.1. The Balaban J connectivity index is 1.97. The van der Waals surface area contributed by atoms with Crippen LogP contribution in [0.3, 0.4) is 0 Å². The van der Waals surface area contributed by atoms with E-state index in [-0.39, 0.29) is 0 Å². The van der Waals surface area contributed by atoms with Crippen molar-refractivity contribution in [1.82, 2.24) is 19.7 Å². The second-order valence-electron chi connectivity index (χ2n) is 4.74. The van der Waals surface area contributed by atoms with E-state index >= 15 is 0 Å². The number of pyridine rings is 1.